The van der Waals surface area contributed by atoms with Gasteiger partial charge in [0, 0.05) is 11.8 Å². The van der Waals surface area contributed by atoms with Gasteiger partial charge < -0.3 is 24.5 Å². The number of ether oxygens (including phenoxy) is 2. The van der Waals surface area contributed by atoms with Crippen molar-refractivity contribution in [3.63, 3.8) is 0 Å². The van der Waals surface area contributed by atoms with Crippen LogP contribution < -0.4 is 34.7 Å². The molecule has 6 atom stereocenters. The van der Waals surface area contributed by atoms with Crippen LogP contribution in [0, 0.1) is 40.4 Å². The molecule has 0 bridgehead atoms. The van der Waals surface area contributed by atoms with Crippen molar-refractivity contribution in [2.24, 2.45) is 28.6 Å². The minimum atomic E-state index is -1.41. The number of carbonyl (C=O) groups is 1. The molecule has 0 amide bonds. The fourth-order valence-electron chi connectivity index (χ4n) is 7.76. The quantitative estimate of drug-likeness (QED) is 0.314. The molecule has 3 saturated carbocycles. The zero-order valence-electron chi connectivity index (χ0n) is 18.5. The Balaban J connectivity index is 0.00000218. The fraction of sp³-hybridized carbons (Fsp3) is 0.792. The van der Waals surface area contributed by atoms with Crippen LogP contribution in [0.3, 0.4) is 0 Å². The van der Waals surface area contributed by atoms with E-state index in [0.29, 0.717) is 37.4 Å². The molecule has 1 N–H and O–H groups in total. The van der Waals surface area contributed by atoms with Gasteiger partial charge in [0.25, 0.3) is 0 Å². The van der Waals surface area contributed by atoms with Gasteiger partial charge in [-0.3, -0.25) is 0 Å². The molecule has 6 heteroatoms. The Morgan fingerprint density at radius 1 is 1.10 bits per heavy atom. The van der Waals surface area contributed by atoms with Crippen LogP contribution in [0.2, 0.25) is 0 Å². The summed E-state index contributed by atoms with van der Waals surface area (Å²) >= 11 is 0. The van der Waals surface area contributed by atoms with Crippen LogP contribution in [-0.4, -0.2) is 35.7 Å². The molecule has 1 spiro atoms. The Labute approximate surface area is 201 Å². The van der Waals surface area contributed by atoms with Crippen molar-refractivity contribution in [3.8, 4) is 11.8 Å². The Bertz CT molecular complexity index is 821. The number of carboxylic acid groups (broad SMARTS) is 1. The van der Waals surface area contributed by atoms with Crippen LogP contribution in [-0.2, 0) is 14.3 Å². The number of aliphatic carboxylic acids is 1. The Hall–Kier alpha value is -0.350. The number of aliphatic hydroxyl groups is 1. The minimum Gasteiger partial charge on any atom is -0.537 e. The third-order valence-electron chi connectivity index (χ3n) is 9.42. The molecule has 1 aliphatic heterocycles. The summed E-state index contributed by atoms with van der Waals surface area (Å²) < 4.78 is 11.9. The maximum Gasteiger partial charge on any atom is 1.00 e. The first-order chi connectivity index (χ1) is 13.7. The third kappa shape index (κ3) is 3.17. The van der Waals surface area contributed by atoms with Gasteiger partial charge in [-0.1, -0.05) is 25.3 Å². The molecule has 1 heterocycles. The van der Waals surface area contributed by atoms with E-state index in [1.165, 1.54) is 5.57 Å². The summed E-state index contributed by atoms with van der Waals surface area (Å²) in [5, 5.41) is 22.2. The van der Waals surface area contributed by atoms with Gasteiger partial charge in [-0.15, -0.1) is 0 Å². The molecular weight excluding hydrogens is 391 g/mol. The van der Waals surface area contributed by atoms with E-state index < -0.39 is 17.4 Å². The van der Waals surface area contributed by atoms with Gasteiger partial charge >= 0.3 is 29.6 Å². The minimum absolute atomic E-state index is 0. The molecule has 5 aliphatic rings. The van der Waals surface area contributed by atoms with Gasteiger partial charge in [0.15, 0.2) is 5.79 Å². The first-order valence-electron chi connectivity index (χ1n) is 11.2. The SMILES string of the molecule is C[C@]12CCC3(C=C1CCC1C2CC[C@@]2(C)C1CC[C@@]2(O)C#CC(=O)[O-])OCCO3.[Na+]. The number of hydrogen-bond acceptors (Lipinski definition) is 5. The summed E-state index contributed by atoms with van der Waals surface area (Å²) in [6.07, 6.45) is 9.88. The Morgan fingerprint density at radius 3 is 2.50 bits per heavy atom. The van der Waals surface area contributed by atoms with E-state index in [9.17, 15) is 15.0 Å². The zero-order valence-corrected chi connectivity index (χ0v) is 20.5. The number of carboxylic acids is 1. The van der Waals surface area contributed by atoms with E-state index in [1.54, 1.807) is 0 Å². The molecule has 4 fully saturated rings. The van der Waals surface area contributed by atoms with E-state index in [-0.39, 0.29) is 40.4 Å². The molecule has 3 unspecified atom stereocenters. The van der Waals surface area contributed by atoms with Crippen LogP contribution >= 0.6 is 0 Å². The number of fused-ring (bicyclic) bond motifs is 5. The van der Waals surface area contributed by atoms with E-state index in [4.69, 9.17) is 9.47 Å². The normalized spacial score (nSPS) is 45.8. The Morgan fingerprint density at radius 2 is 1.80 bits per heavy atom. The number of carbonyl (C=O) groups excluding carboxylic acids is 1. The monoisotopic (exact) mass is 422 g/mol. The molecule has 0 aromatic rings. The van der Waals surface area contributed by atoms with Crippen molar-refractivity contribution in [1.82, 2.24) is 0 Å². The van der Waals surface area contributed by atoms with Gasteiger partial charge in [-0.05, 0) is 80.1 Å². The molecular formula is C24H31NaO5. The topological polar surface area (TPSA) is 78.8 Å². The summed E-state index contributed by atoms with van der Waals surface area (Å²) in [4.78, 5) is 10.9. The van der Waals surface area contributed by atoms with Crippen LogP contribution in [0.1, 0.15) is 65.2 Å². The standard InChI is InChI=1S/C24H32O5.Na/c1-21-11-12-24(28-13-14-29-24)15-16(21)3-4-17-18(21)5-8-22(2)19(17)6-9-23(22,27)10-7-20(25)26;/h15,17-19,27H,3-6,8-9,11-14H2,1-2H3,(H,25,26);/q;+1/p-1/t17?,18?,19?,21-,22-,23+;/m0./s1. The average molecular weight is 422 g/mol. The molecule has 0 aromatic carbocycles. The van der Waals surface area contributed by atoms with Gasteiger partial charge in [-0.2, -0.15) is 0 Å². The average Bonchev–Trinajstić information content (AvgIpc) is 3.24. The van der Waals surface area contributed by atoms with E-state index >= 15 is 0 Å². The first kappa shape index (κ1) is 22.8. The van der Waals surface area contributed by atoms with E-state index in [2.05, 4.69) is 31.8 Å². The molecule has 5 nitrogen and oxygen atoms in total. The fourth-order valence-corrected chi connectivity index (χ4v) is 7.76. The maximum atomic E-state index is 11.3. The summed E-state index contributed by atoms with van der Waals surface area (Å²) in [6.45, 7) is 5.92. The van der Waals surface area contributed by atoms with Gasteiger partial charge in [-0.25, -0.2) is 0 Å². The van der Waals surface area contributed by atoms with Crippen molar-refractivity contribution in [2.75, 3.05) is 13.2 Å². The van der Waals surface area contributed by atoms with E-state index in [1.807, 2.05) is 0 Å². The summed E-state index contributed by atoms with van der Waals surface area (Å²) in [6, 6.07) is 0. The van der Waals surface area contributed by atoms with E-state index in [0.717, 1.165) is 44.9 Å². The van der Waals surface area contributed by atoms with Crippen LogP contribution in [0.4, 0.5) is 0 Å². The predicted octanol–water partition coefficient (Wildman–Crippen LogP) is -0.819. The van der Waals surface area contributed by atoms with Crippen molar-refractivity contribution < 1.29 is 54.0 Å². The van der Waals surface area contributed by atoms with Crippen LogP contribution in [0.5, 0.6) is 0 Å². The molecule has 5 rings (SSSR count). The second-order valence-electron chi connectivity index (χ2n) is 10.4. The molecule has 0 radical (unpaired) electrons. The third-order valence-corrected chi connectivity index (χ3v) is 9.42. The number of hydrogen-bond donors (Lipinski definition) is 1. The second-order valence-corrected chi connectivity index (χ2v) is 10.4. The van der Waals surface area contributed by atoms with Crippen molar-refractivity contribution in [3.05, 3.63) is 11.6 Å². The van der Waals surface area contributed by atoms with Gasteiger partial charge in [0.05, 0.1) is 13.2 Å². The molecule has 1 saturated heterocycles. The molecule has 0 aromatic heterocycles. The van der Waals surface area contributed by atoms with Crippen LogP contribution in [0.25, 0.3) is 0 Å². The van der Waals surface area contributed by atoms with Crippen molar-refractivity contribution in [1.29, 1.82) is 0 Å². The zero-order chi connectivity index (χ0) is 20.5. The first-order valence-corrected chi connectivity index (χ1v) is 11.2. The summed E-state index contributed by atoms with van der Waals surface area (Å²) in [5.41, 5.74) is 0.103. The maximum absolute atomic E-state index is 11.3. The predicted molar refractivity (Wildman–Crippen MR) is 104 cm³/mol. The molecule has 158 valence electrons. The summed E-state index contributed by atoms with van der Waals surface area (Å²) in [5.74, 6) is 4.43. The second kappa shape index (κ2) is 7.61. The van der Waals surface area contributed by atoms with Gasteiger partial charge in [0.2, 0.25) is 0 Å². The van der Waals surface area contributed by atoms with Crippen molar-refractivity contribution >= 4 is 5.97 Å². The number of allylic oxidation sites excluding steroid dienone is 1. The van der Waals surface area contributed by atoms with Crippen LogP contribution in [0.15, 0.2) is 11.6 Å². The number of rotatable bonds is 0. The van der Waals surface area contributed by atoms with Crippen molar-refractivity contribution in [2.45, 2.75) is 76.6 Å². The summed E-state index contributed by atoms with van der Waals surface area (Å²) in [7, 11) is 0. The molecule has 30 heavy (non-hydrogen) atoms. The Kier molecular flexibility index (Phi) is 5.79. The largest absolute Gasteiger partial charge is 1.00 e. The molecule has 4 aliphatic carbocycles. The van der Waals surface area contributed by atoms with Gasteiger partial charge in [0.1, 0.15) is 11.6 Å². The smallest absolute Gasteiger partial charge is 0.537 e.